The zero-order valence-electron chi connectivity index (χ0n) is 13.3. The van der Waals surface area contributed by atoms with E-state index in [0.717, 1.165) is 10.1 Å². The van der Waals surface area contributed by atoms with Gasteiger partial charge in [0.2, 0.25) is 0 Å². The highest BCUT2D eigenvalue weighted by atomic mass is 32.1. The standard InChI is InChI=1S/C17H20O4S/c1-10(2)12(18)5-6-13(19)17-8-11-7-14(20-3)15(21-4)9-16(11)22-17/h7-10H,5-6H2,1-4H3. The van der Waals surface area contributed by atoms with Gasteiger partial charge in [-0.05, 0) is 17.5 Å². The largest absolute Gasteiger partial charge is 0.493 e. The predicted octanol–water partition coefficient (Wildman–Crippen LogP) is 4.11. The zero-order valence-corrected chi connectivity index (χ0v) is 14.1. The molecule has 0 aliphatic heterocycles. The van der Waals surface area contributed by atoms with Crippen LogP contribution in [0.1, 0.15) is 36.4 Å². The number of carbonyl (C=O) groups excluding carboxylic acids is 2. The summed E-state index contributed by atoms with van der Waals surface area (Å²) >= 11 is 1.42. The van der Waals surface area contributed by atoms with E-state index in [-0.39, 0.29) is 23.9 Å². The molecule has 118 valence electrons. The Kier molecular flexibility index (Phi) is 5.19. The molecule has 0 saturated carbocycles. The van der Waals surface area contributed by atoms with Gasteiger partial charge in [0.15, 0.2) is 17.3 Å². The number of hydrogen-bond acceptors (Lipinski definition) is 5. The Morgan fingerprint density at radius 1 is 1.05 bits per heavy atom. The molecule has 0 aliphatic carbocycles. The minimum atomic E-state index is -0.0243. The molecule has 1 aromatic carbocycles. The van der Waals surface area contributed by atoms with Gasteiger partial charge in [-0.15, -0.1) is 11.3 Å². The molecule has 2 rings (SSSR count). The lowest BCUT2D eigenvalue weighted by atomic mass is 10.0. The first-order chi connectivity index (χ1) is 10.5. The first-order valence-electron chi connectivity index (χ1n) is 7.17. The van der Waals surface area contributed by atoms with Crippen molar-refractivity contribution in [3.8, 4) is 11.5 Å². The van der Waals surface area contributed by atoms with Crippen LogP contribution in [0.4, 0.5) is 0 Å². The monoisotopic (exact) mass is 320 g/mol. The van der Waals surface area contributed by atoms with Crippen LogP contribution in [-0.4, -0.2) is 25.8 Å². The summed E-state index contributed by atoms with van der Waals surface area (Å²) in [5.74, 6) is 1.39. The second-order valence-corrected chi connectivity index (χ2v) is 6.48. The van der Waals surface area contributed by atoms with E-state index < -0.39 is 0 Å². The van der Waals surface area contributed by atoms with Gasteiger partial charge >= 0.3 is 0 Å². The number of methoxy groups -OCH3 is 2. The van der Waals surface area contributed by atoms with Crippen LogP contribution < -0.4 is 9.47 Å². The van der Waals surface area contributed by atoms with Crippen molar-refractivity contribution < 1.29 is 19.1 Å². The summed E-state index contributed by atoms with van der Waals surface area (Å²) in [6.07, 6.45) is 0.565. The molecule has 0 saturated heterocycles. The zero-order chi connectivity index (χ0) is 16.3. The summed E-state index contributed by atoms with van der Waals surface area (Å²) in [6.45, 7) is 3.70. The van der Waals surface area contributed by atoms with Gasteiger partial charge in [-0.2, -0.15) is 0 Å². The molecule has 0 unspecified atom stereocenters. The summed E-state index contributed by atoms with van der Waals surface area (Å²) in [6, 6.07) is 5.58. The third-order valence-corrected chi connectivity index (χ3v) is 4.68. The predicted molar refractivity (Wildman–Crippen MR) is 88.3 cm³/mol. The number of thiophene rings is 1. The number of benzene rings is 1. The average molecular weight is 320 g/mol. The molecule has 0 fully saturated rings. The van der Waals surface area contributed by atoms with E-state index in [4.69, 9.17) is 9.47 Å². The minimum absolute atomic E-state index is 0.00753. The molecule has 0 aliphatic rings. The molecule has 5 heteroatoms. The lowest BCUT2D eigenvalue weighted by molar-refractivity contribution is -0.121. The maximum atomic E-state index is 12.2. The van der Waals surface area contributed by atoms with Crippen LogP contribution in [0.2, 0.25) is 0 Å². The van der Waals surface area contributed by atoms with Crippen molar-refractivity contribution in [3.63, 3.8) is 0 Å². The molecular formula is C17H20O4S. The van der Waals surface area contributed by atoms with E-state index in [1.807, 2.05) is 32.0 Å². The Hall–Kier alpha value is -1.88. The molecule has 0 spiro atoms. The summed E-state index contributed by atoms with van der Waals surface area (Å²) < 4.78 is 11.5. The van der Waals surface area contributed by atoms with Gasteiger partial charge in [-0.3, -0.25) is 9.59 Å². The summed E-state index contributed by atoms with van der Waals surface area (Å²) in [5.41, 5.74) is 0. The molecule has 22 heavy (non-hydrogen) atoms. The van der Waals surface area contributed by atoms with Gasteiger partial charge in [0.1, 0.15) is 5.78 Å². The molecule has 0 atom stereocenters. The van der Waals surface area contributed by atoms with Crippen molar-refractivity contribution in [2.24, 2.45) is 5.92 Å². The molecule has 1 aromatic heterocycles. The van der Waals surface area contributed by atoms with Gasteiger partial charge < -0.3 is 9.47 Å². The highest BCUT2D eigenvalue weighted by Gasteiger charge is 2.15. The van der Waals surface area contributed by atoms with Crippen molar-refractivity contribution in [1.82, 2.24) is 0 Å². The lowest BCUT2D eigenvalue weighted by Crippen LogP contribution is -2.09. The Bertz CT molecular complexity index is 659. The van der Waals surface area contributed by atoms with Crippen molar-refractivity contribution >= 4 is 33.0 Å². The Morgan fingerprint density at radius 2 is 1.68 bits per heavy atom. The number of ether oxygens (including phenoxy) is 2. The van der Waals surface area contributed by atoms with E-state index in [2.05, 4.69) is 0 Å². The van der Waals surface area contributed by atoms with Crippen molar-refractivity contribution in [3.05, 3.63) is 23.1 Å². The topological polar surface area (TPSA) is 52.6 Å². The first kappa shape index (κ1) is 16.5. The normalized spacial score (nSPS) is 11.0. The maximum Gasteiger partial charge on any atom is 0.173 e. The number of carbonyl (C=O) groups is 2. The fourth-order valence-electron chi connectivity index (χ4n) is 2.15. The lowest BCUT2D eigenvalue weighted by Gasteiger charge is -2.06. The minimum Gasteiger partial charge on any atom is -0.493 e. The third kappa shape index (κ3) is 3.47. The molecule has 0 bridgehead atoms. The highest BCUT2D eigenvalue weighted by molar-refractivity contribution is 7.20. The molecule has 1 heterocycles. The molecular weight excluding hydrogens is 300 g/mol. The third-order valence-electron chi connectivity index (χ3n) is 3.54. The molecule has 4 nitrogen and oxygen atoms in total. The van der Waals surface area contributed by atoms with Crippen molar-refractivity contribution in [2.45, 2.75) is 26.7 Å². The first-order valence-corrected chi connectivity index (χ1v) is 7.99. The van der Waals surface area contributed by atoms with E-state index in [9.17, 15) is 9.59 Å². The van der Waals surface area contributed by atoms with E-state index in [1.54, 1.807) is 14.2 Å². The number of ketones is 2. The van der Waals surface area contributed by atoms with Crippen LogP contribution >= 0.6 is 11.3 Å². The smallest absolute Gasteiger partial charge is 0.173 e. The van der Waals surface area contributed by atoms with Gasteiger partial charge in [0.25, 0.3) is 0 Å². The van der Waals surface area contributed by atoms with Crippen LogP contribution in [-0.2, 0) is 4.79 Å². The Labute approximate surface area is 134 Å². The van der Waals surface area contributed by atoms with Gasteiger partial charge in [0, 0.05) is 29.5 Å². The average Bonchev–Trinajstić information content (AvgIpc) is 2.93. The van der Waals surface area contributed by atoms with Crippen LogP contribution in [0.15, 0.2) is 18.2 Å². The number of fused-ring (bicyclic) bond motifs is 1. The highest BCUT2D eigenvalue weighted by Crippen LogP contribution is 2.36. The fourth-order valence-corrected chi connectivity index (χ4v) is 3.19. The Morgan fingerprint density at radius 3 is 2.27 bits per heavy atom. The summed E-state index contributed by atoms with van der Waals surface area (Å²) in [7, 11) is 3.17. The second kappa shape index (κ2) is 6.92. The van der Waals surface area contributed by atoms with Gasteiger partial charge in [-0.25, -0.2) is 0 Å². The number of Topliss-reactive ketones (excluding diaryl/α,β-unsaturated/α-hetero) is 2. The summed E-state index contributed by atoms with van der Waals surface area (Å²) in [4.78, 5) is 24.6. The molecule has 2 aromatic rings. The summed E-state index contributed by atoms with van der Waals surface area (Å²) in [5, 5.41) is 0.946. The SMILES string of the molecule is COc1cc2cc(C(=O)CCC(=O)C(C)C)sc2cc1OC. The van der Waals surface area contributed by atoms with E-state index in [1.165, 1.54) is 11.3 Å². The fraction of sp³-hybridized carbons (Fsp3) is 0.412. The van der Waals surface area contributed by atoms with Gasteiger partial charge in [-0.1, -0.05) is 13.8 Å². The molecule has 0 amide bonds. The molecule has 0 radical (unpaired) electrons. The van der Waals surface area contributed by atoms with Crippen molar-refractivity contribution in [2.75, 3.05) is 14.2 Å². The van der Waals surface area contributed by atoms with E-state index >= 15 is 0 Å². The maximum absolute atomic E-state index is 12.2. The van der Waals surface area contributed by atoms with Crippen LogP contribution in [0, 0.1) is 5.92 Å². The number of rotatable bonds is 7. The Balaban J connectivity index is 2.22. The molecule has 0 N–H and O–H groups in total. The van der Waals surface area contributed by atoms with Crippen molar-refractivity contribution in [1.29, 1.82) is 0 Å². The quantitative estimate of drug-likeness (QED) is 0.721. The number of hydrogen-bond donors (Lipinski definition) is 0. The second-order valence-electron chi connectivity index (χ2n) is 5.40. The van der Waals surface area contributed by atoms with Crippen LogP contribution in [0.5, 0.6) is 11.5 Å². The van der Waals surface area contributed by atoms with Gasteiger partial charge in [0.05, 0.1) is 19.1 Å². The van der Waals surface area contributed by atoms with Crippen LogP contribution in [0.3, 0.4) is 0 Å². The van der Waals surface area contributed by atoms with Crippen LogP contribution in [0.25, 0.3) is 10.1 Å². The van der Waals surface area contributed by atoms with E-state index in [0.29, 0.717) is 22.8 Å².